The quantitative estimate of drug-likeness (QED) is 0.861. The van der Waals surface area contributed by atoms with Gasteiger partial charge in [0.1, 0.15) is 4.32 Å². The van der Waals surface area contributed by atoms with Gasteiger partial charge in [0.05, 0.1) is 6.10 Å². The summed E-state index contributed by atoms with van der Waals surface area (Å²) in [7, 11) is 0. The summed E-state index contributed by atoms with van der Waals surface area (Å²) in [4.78, 5) is 2.24. The summed E-state index contributed by atoms with van der Waals surface area (Å²) < 4.78 is 0.912. The summed E-state index contributed by atoms with van der Waals surface area (Å²) >= 11 is 8.74. The van der Waals surface area contributed by atoms with Gasteiger partial charge in [-0.3, -0.25) is 0 Å². The lowest BCUT2D eigenvalue weighted by Gasteiger charge is -2.30. The van der Waals surface area contributed by atoms with Crippen LogP contribution in [0.15, 0.2) is 24.3 Å². The van der Waals surface area contributed by atoms with Gasteiger partial charge in [0.2, 0.25) is 0 Å². The molecule has 1 unspecified atom stereocenters. The Bertz CT molecular complexity index is 438. The summed E-state index contributed by atoms with van der Waals surface area (Å²) in [5.41, 5.74) is 2.82. The molecule has 2 rings (SSSR count). The van der Waals surface area contributed by atoms with Crippen LogP contribution in [0.4, 0.5) is 0 Å². The first kappa shape index (κ1) is 15.2. The van der Waals surface area contributed by atoms with E-state index in [0.29, 0.717) is 5.75 Å². The van der Waals surface area contributed by atoms with Crippen molar-refractivity contribution < 1.29 is 5.11 Å². The monoisotopic (exact) mass is 313 g/mol. The number of rotatable bonds is 4. The molecule has 0 radical (unpaired) electrons. The number of benzene rings is 1. The molecule has 1 aliphatic rings. The Morgan fingerprint density at radius 1 is 1.37 bits per heavy atom. The van der Waals surface area contributed by atoms with Crippen molar-refractivity contribution in [3.05, 3.63) is 35.4 Å². The molecule has 1 heterocycles. The molecule has 0 fully saturated rings. The SMILES string of the molecule is CSCC(O)CSC(=S)N1CCc2ccccc2C1. The van der Waals surface area contributed by atoms with Gasteiger partial charge >= 0.3 is 0 Å². The third-order valence-electron chi connectivity index (χ3n) is 3.15. The molecule has 1 aromatic rings. The van der Waals surface area contributed by atoms with Crippen LogP contribution < -0.4 is 0 Å². The van der Waals surface area contributed by atoms with Crippen molar-refractivity contribution in [2.24, 2.45) is 0 Å². The van der Waals surface area contributed by atoms with E-state index in [9.17, 15) is 5.11 Å². The highest BCUT2D eigenvalue weighted by molar-refractivity contribution is 8.22. The Hall–Kier alpha value is -0.230. The average Bonchev–Trinajstić information content (AvgIpc) is 2.44. The van der Waals surface area contributed by atoms with E-state index in [-0.39, 0.29) is 6.10 Å². The van der Waals surface area contributed by atoms with E-state index in [0.717, 1.165) is 29.6 Å². The molecular weight excluding hydrogens is 294 g/mol. The molecule has 0 aliphatic carbocycles. The number of thioether (sulfide) groups is 2. The Labute approximate surface area is 129 Å². The highest BCUT2D eigenvalue weighted by Gasteiger charge is 2.18. The Morgan fingerprint density at radius 3 is 2.84 bits per heavy atom. The number of hydrogen-bond acceptors (Lipinski definition) is 4. The molecule has 0 spiro atoms. The fraction of sp³-hybridized carbons (Fsp3) is 0.500. The van der Waals surface area contributed by atoms with Crippen molar-refractivity contribution in [2.75, 3.05) is 24.3 Å². The van der Waals surface area contributed by atoms with Gasteiger partial charge in [-0.15, -0.1) is 0 Å². The molecule has 5 heteroatoms. The molecule has 0 saturated heterocycles. The molecule has 1 aromatic carbocycles. The Kier molecular flexibility index (Phi) is 6.01. The minimum Gasteiger partial charge on any atom is -0.391 e. The molecule has 0 amide bonds. The fourth-order valence-corrected chi connectivity index (χ4v) is 3.95. The van der Waals surface area contributed by atoms with Crippen molar-refractivity contribution in [3.63, 3.8) is 0 Å². The molecule has 104 valence electrons. The van der Waals surface area contributed by atoms with Crippen LogP contribution in [0.3, 0.4) is 0 Å². The third-order valence-corrected chi connectivity index (χ3v) is 5.53. The minimum atomic E-state index is -0.268. The topological polar surface area (TPSA) is 23.5 Å². The number of aliphatic hydroxyl groups is 1. The molecule has 1 N–H and O–H groups in total. The molecule has 2 nitrogen and oxygen atoms in total. The van der Waals surface area contributed by atoms with Crippen molar-refractivity contribution in [1.82, 2.24) is 4.90 Å². The highest BCUT2D eigenvalue weighted by atomic mass is 32.2. The van der Waals surface area contributed by atoms with Gasteiger partial charge in [-0.25, -0.2) is 0 Å². The molecule has 0 bridgehead atoms. The van der Waals surface area contributed by atoms with Crippen LogP contribution in [0.1, 0.15) is 11.1 Å². The van der Waals surface area contributed by atoms with Gasteiger partial charge in [0.15, 0.2) is 0 Å². The van der Waals surface area contributed by atoms with Gasteiger partial charge in [0.25, 0.3) is 0 Å². The predicted octanol–water partition coefficient (Wildman–Crippen LogP) is 2.79. The van der Waals surface area contributed by atoms with E-state index in [1.807, 2.05) is 6.26 Å². The van der Waals surface area contributed by atoms with Crippen molar-refractivity contribution >= 4 is 40.1 Å². The first-order valence-corrected chi connectivity index (χ1v) is 9.15. The summed E-state index contributed by atoms with van der Waals surface area (Å²) in [6.07, 6.45) is 2.80. The normalized spacial score (nSPS) is 16.0. The molecule has 19 heavy (non-hydrogen) atoms. The van der Waals surface area contributed by atoms with Crippen LogP contribution in [0.25, 0.3) is 0 Å². The van der Waals surface area contributed by atoms with Crippen LogP contribution in [0.5, 0.6) is 0 Å². The smallest absolute Gasteiger partial charge is 0.136 e. The zero-order chi connectivity index (χ0) is 13.7. The average molecular weight is 314 g/mol. The van der Waals surface area contributed by atoms with E-state index >= 15 is 0 Å². The number of nitrogens with zero attached hydrogens (tertiary/aromatic N) is 1. The summed E-state index contributed by atoms with van der Waals surface area (Å²) in [5.74, 6) is 1.47. The lowest BCUT2D eigenvalue weighted by Crippen LogP contribution is -2.34. The lowest BCUT2D eigenvalue weighted by atomic mass is 10.0. The van der Waals surface area contributed by atoms with E-state index in [1.165, 1.54) is 11.1 Å². The van der Waals surface area contributed by atoms with Gasteiger partial charge in [-0.1, -0.05) is 48.2 Å². The van der Waals surface area contributed by atoms with Gasteiger partial charge in [0, 0.05) is 24.6 Å². The zero-order valence-electron chi connectivity index (χ0n) is 11.0. The van der Waals surface area contributed by atoms with Gasteiger partial charge in [-0.2, -0.15) is 11.8 Å². The molecular formula is C14H19NOS3. The van der Waals surface area contributed by atoms with E-state index in [1.54, 1.807) is 23.5 Å². The maximum atomic E-state index is 9.73. The third kappa shape index (κ3) is 4.38. The fourth-order valence-electron chi connectivity index (χ4n) is 2.15. The Morgan fingerprint density at radius 2 is 2.11 bits per heavy atom. The van der Waals surface area contributed by atoms with E-state index in [4.69, 9.17) is 12.2 Å². The number of fused-ring (bicyclic) bond motifs is 1. The largest absolute Gasteiger partial charge is 0.391 e. The van der Waals surface area contributed by atoms with E-state index < -0.39 is 0 Å². The zero-order valence-corrected chi connectivity index (χ0v) is 13.5. The molecule has 1 aliphatic heterocycles. The standard InChI is InChI=1S/C14H19NOS3/c1-18-9-13(16)10-19-14(17)15-7-6-11-4-2-3-5-12(11)8-15/h2-5,13,16H,6-10H2,1H3. The second-order valence-corrected chi connectivity index (χ2v) is 7.19. The second kappa shape index (κ2) is 7.53. The highest BCUT2D eigenvalue weighted by Crippen LogP contribution is 2.22. The van der Waals surface area contributed by atoms with Gasteiger partial charge in [-0.05, 0) is 23.8 Å². The van der Waals surface area contributed by atoms with Crippen LogP contribution in [0, 0.1) is 0 Å². The summed E-state index contributed by atoms with van der Waals surface area (Å²) in [6, 6.07) is 8.56. The van der Waals surface area contributed by atoms with Crippen molar-refractivity contribution in [2.45, 2.75) is 19.1 Å². The number of thiocarbonyl (C=S) groups is 1. The summed E-state index contributed by atoms with van der Waals surface area (Å²) in [6.45, 7) is 1.89. The maximum absolute atomic E-state index is 9.73. The van der Waals surface area contributed by atoms with Crippen molar-refractivity contribution in [1.29, 1.82) is 0 Å². The summed E-state index contributed by atoms with van der Waals surface area (Å²) in [5, 5.41) is 9.73. The lowest BCUT2D eigenvalue weighted by molar-refractivity contribution is 0.225. The van der Waals surface area contributed by atoms with Crippen molar-refractivity contribution in [3.8, 4) is 0 Å². The van der Waals surface area contributed by atoms with Crippen LogP contribution in [0.2, 0.25) is 0 Å². The van der Waals surface area contributed by atoms with E-state index in [2.05, 4.69) is 29.2 Å². The second-order valence-electron chi connectivity index (χ2n) is 4.63. The Balaban J connectivity index is 1.85. The maximum Gasteiger partial charge on any atom is 0.136 e. The first-order chi connectivity index (χ1) is 9.20. The number of hydrogen-bond donors (Lipinski definition) is 1. The van der Waals surface area contributed by atoms with Crippen LogP contribution in [-0.2, 0) is 13.0 Å². The molecule has 1 atom stereocenters. The minimum absolute atomic E-state index is 0.268. The predicted molar refractivity (Wildman–Crippen MR) is 90.0 cm³/mol. The van der Waals surface area contributed by atoms with Gasteiger partial charge < -0.3 is 10.0 Å². The molecule has 0 aromatic heterocycles. The first-order valence-electron chi connectivity index (χ1n) is 6.36. The van der Waals surface area contributed by atoms with Crippen LogP contribution >= 0.6 is 35.7 Å². The van der Waals surface area contributed by atoms with Crippen LogP contribution in [-0.4, -0.2) is 44.7 Å². The molecule has 0 saturated carbocycles. The number of aliphatic hydroxyl groups excluding tert-OH is 1.